The molecule has 124 valence electrons. The van der Waals surface area contributed by atoms with E-state index in [-0.39, 0.29) is 18.2 Å². The molecule has 1 aliphatic rings. The third-order valence-corrected chi connectivity index (χ3v) is 4.24. The summed E-state index contributed by atoms with van der Waals surface area (Å²) in [5.41, 5.74) is 0. The van der Waals surface area contributed by atoms with Crippen molar-refractivity contribution in [2.24, 2.45) is 0 Å². The number of aliphatic hydroxyl groups excluding tert-OH is 1. The average molecular weight is 299 g/mol. The zero-order valence-corrected chi connectivity index (χ0v) is 14.1. The van der Waals surface area contributed by atoms with Gasteiger partial charge in [-0.25, -0.2) is 4.79 Å². The summed E-state index contributed by atoms with van der Waals surface area (Å²) in [7, 11) is 0. The second kappa shape index (κ2) is 9.26. The molecule has 0 spiro atoms. The third-order valence-electron chi connectivity index (χ3n) is 4.24. The lowest BCUT2D eigenvalue weighted by Gasteiger charge is -2.30. The van der Waals surface area contributed by atoms with Gasteiger partial charge in [-0.3, -0.25) is 4.90 Å². The van der Waals surface area contributed by atoms with Crippen LogP contribution in [0.3, 0.4) is 0 Å². The molecule has 5 heteroatoms. The van der Waals surface area contributed by atoms with E-state index in [2.05, 4.69) is 43.2 Å². The van der Waals surface area contributed by atoms with Crippen LogP contribution in [0.1, 0.15) is 59.8 Å². The van der Waals surface area contributed by atoms with Crippen LogP contribution in [-0.4, -0.2) is 53.4 Å². The smallest absolute Gasteiger partial charge is 0.315 e. The Morgan fingerprint density at radius 1 is 1.14 bits per heavy atom. The minimum atomic E-state index is -0.177. The summed E-state index contributed by atoms with van der Waals surface area (Å²) >= 11 is 0. The Morgan fingerprint density at radius 3 is 2.24 bits per heavy atom. The number of rotatable bonds is 7. The SMILES string of the molecule is CC(C)N(CCCNC(=O)NC1CCC(O)CC1)C(C)C. The van der Waals surface area contributed by atoms with Gasteiger partial charge in [-0.05, 0) is 59.8 Å². The normalized spacial score (nSPS) is 22.9. The van der Waals surface area contributed by atoms with Crippen molar-refractivity contribution >= 4 is 6.03 Å². The highest BCUT2D eigenvalue weighted by molar-refractivity contribution is 5.74. The number of hydrogen-bond acceptors (Lipinski definition) is 3. The van der Waals surface area contributed by atoms with Crippen LogP contribution in [0.2, 0.25) is 0 Å². The molecular weight excluding hydrogens is 266 g/mol. The van der Waals surface area contributed by atoms with Crippen LogP contribution in [0, 0.1) is 0 Å². The first-order valence-corrected chi connectivity index (χ1v) is 8.38. The van der Waals surface area contributed by atoms with Crippen molar-refractivity contribution in [3.05, 3.63) is 0 Å². The van der Waals surface area contributed by atoms with Crippen LogP contribution in [0.4, 0.5) is 4.79 Å². The molecule has 0 aliphatic heterocycles. The van der Waals surface area contributed by atoms with Crippen molar-refractivity contribution in [1.82, 2.24) is 15.5 Å². The van der Waals surface area contributed by atoms with Crippen LogP contribution >= 0.6 is 0 Å². The van der Waals surface area contributed by atoms with E-state index >= 15 is 0 Å². The zero-order valence-electron chi connectivity index (χ0n) is 14.1. The maximum absolute atomic E-state index is 11.8. The molecule has 0 saturated heterocycles. The Kier molecular flexibility index (Phi) is 8.04. The summed E-state index contributed by atoms with van der Waals surface area (Å²) in [4.78, 5) is 14.2. The molecular formula is C16H33N3O2. The van der Waals surface area contributed by atoms with Gasteiger partial charge in [-0.1, -0.05) is 0 Å². The molecule has 0 bridgehead atoms. The molecule has 0 unspecified atom stereocenters. The number of aliphatic hydroxyl groups is 1. The minimum absolute atomic E-state index is 0.0722. The van der Waals surface area contributed by atoms with Crippen LogP contribution in [0.5, 0.6) is 0 Å². The summed E-state index contributed by atoms with van der Waals surface area (Å²) < 4.78 is 0. The third kappa shape index (κ3) is 7.14. The second-order valence-corrected chi connectivity index (χ2v) is 6.68. The number of hydrogen-bond donors (Lipinski definition) is 3. The molecule has 1 fully saturated rings. The number of carbonyl (C=O) groups is 1. The van der Waals surface area contributed by atoms with Gasteiger partial charge in [0, 0.05) is 31.2 Å². The van der Waals surface area contributed by atoms with Crippen molar-refractivity contribution in [2.45, 2.75) is 84.0 Å². The van der Waals surface area contributed by atoms with Gasteiger partial charge < -0.3 is 15.7 Å². The number of nitrogens with one attached hydrogen (secondary N) is 2. The van der Waals surface area contributed by atoms with E-state index in [4.69, 9.17) is 0 Å². The summed E-state index contributed by atoms with van der Waals surface area (Å²) in [6.45, 7) is 10.5. The predicted octanol–water partition coefficient (Wildman–Crippen LogP) is 2.10. The lowest BCUT2D eigenvalue weighted by molar-refractivity contribution is 0.117. The fourth-order valence-corrected chi connectivity index (χ4v) is 3.03. The lowest BCUT2D eigenvalue weighted by atomic mass is 9.93. The molecule has 0 radical (unpaired) electrons. The first-order chi connectivity index (χ1) is 9.90. The van der Waals surface area contributed by atoms with Gasteiger partial charge in [-0.15, -0.1) is 0 Å². The van der Waals surface area contributed by atoms with E-state index in [9.17, 15) is 9.90 Å². The van der Waals surface area contributed by atoms with Gasteiger partial charge in [0.25, 0.3) is 0 Å². The zero-order chi connectivity index (χ0) is 15.8. The molecule has 3 N–H and O–H groups in total. The van der Waals surface area contributed by atoms with Crippen LogP contribution in [0.25, 0.3) is 0 Å². The van der Waals surface area contributed by atoms with Crippen molar-refractivity contribution in [3.8, 4) is 0 Å². The van der Waals surface area contributed by atoms with Gasteiger partial charge in [0.2, 0.25) is 0 Å². The Hall–Kier alpha value is -0.810. The van der Waals surface area contributed by atoms with E-state index in [1.807, 2.05) is 0 Å². The topological polar surface area (TPSA) is 64.6 Å². The Morgan fingerprint density at radius 2 is 1.71 bits per heavy atom. The van der Waals surface area contributed by atoms with E-state index in [0.717, 1.165) is 38.6 Å². The van der Waals surface area contributed by atoms with Crippen molar-refractivity contribution < 1.29 is 9.90 Å². The fourth-order valence-electron chi connectivity index (χ4n) is 3.03. The number of urea groups is 1. The van der Waals surface area contributed by atoms with Crippen molar-refractivity contribution in [1.29, 1.82) is 0 Å². The fraction of sp³-hybridized carbons (Fsp3) is 0.938. The average Bonchev–Trinajstić information content (AvgIpc) is 2.40. The van der Waals surface area contributed by atoms with Crippen molar-refractivity contribution in [2.75, 3.05) is 13.1 Å². The highest BCUT2D eigenvalue weighted by Crippen LogP contribution is 2.18. The van der Waals surface area contributed by atoms with Crippen molar-refractivity contribution in [3.63, 3.8) is 0 Å². The predicted molar refractivity (Wildman–Crippen MR) is 86.4 cm³/mol. The lowest BCUT2D eigenvalue weighted by Crippen LogP contribution is -2.45. The molecule has 0 aromatic heterocycles. The van der Waals surface area contributed by atoms with E-state index in [1.165, 1.54) is 0 Å². The second-order valence-electron chi connectivity index (χ2n) is 6.68. The maximum Gasteiger partial charge on any atom is 0.315 e. The molecule has 1 aliphatic carbocycles. The van der Waals surface area contributed by atoms with Gasteiger partial charge in [-0.2, -0.15) is 0 Å². The summed E-state index contributed by atoms with van der Waals surface area (Å²) in [6, 6.07) is 1.22. The first-order valence-electron chi connectivity index (χ1n) is 8.38. The van der Waals surface area contributed by atoms with Gasteiger partial charge in [0.15, 0.2) is 0 Å². The Balaban J connectivity index is 2.13. The molecule has 0 aromatic rings. The first kappa shape index (κ1) is 18.2. The molecule has 0 heterocycles. The van der Waals surface area contributed by atoms with Crippen LogP contribution < -0.4 is 10.6 Å². The number of carbonyl (C=O) groups excluding carboxylic acids is 1. The molecule has 0 aromatic carbocycles. The molecule has 2 amide bonds. The Labute approximate surface area is 129 Å². The minimum Gasteiger partial charge on any atom is -0.393 e. The quantitative estimate of drug-likeness (QED) is 0.631. The molecule has 0 atom stereocenters. The molecule has 1 saturated carbocycles. The standard InChI is InChI=1S/C16H33N3O2/c1-12(2)19(13(3)4)11-5-10-17-16(21)18-14-6-8-15(20)9-7-14/h12-15,20H,5-11H2,1-4H3,(H2,17,18,21). The van der Waals surface area contributed by atoms with E-state index < -0.39 is 0 Å². The molecule has 21 heavy (non-hydrogen) atoms. The summed E-state index contributed by atoms with van der Waals surface area (Å²) in [6.07, 6.45) is 4.13. The Bertz CT molecular complexity index is 292. The summed E-state index contributed by atoms with van der Waals surface area (Å²) in [5, 5.41) is 15.4. The van der Waals surface area contributed by atoms with Gasteiger partial charge in [0.05, 0.1) is 6.10 Å². The van der Waals surface area contributed by atoms with Gasteiger partial charge >= 0.3 is 6.03 Å². The maximum atomic E-state index is 11.8. The van der Waals surface area contributed by atoms with Gasteiger partial charge in [0.1, 0.15) is 0 Å². The number of nitrogens with zero attached hydrogens (tertiary/aromatic N) is 1. The van der Waals surface area contributed by atoms with Crippen LogP contribution in [-0.2, 0) is 0 Å². The number of amides is 2. The molecule has 5 nitrogen and oxygen atoms in total. The summed E-state index contributed by atoms with van der Waals surface area (Å²) in [5.74, 6) is 0. The monoisotopic (exact) mass is 299 g/mol. The van der Waals surface area contributed by atoms with Crippen LogP contribution in [0.15, 0.2) is 0 Å². The highest BCUT2D eigenvalue weighted by atomic mass is 16.3. The van der Waals surface area contributed by atoms with E-state index in [1.54, 1.807) is 0 Å². The largest absolute Gasteiger partial charge is 0.393 e. The van der Waals surface area contributed by atoms with E-state index in [0.29, 0.717) is 18.6 Å². The highest BCUT2D eigenvalue weighted by Gasteiger charge is 2.20. The molecule has 1 rings (SSSR count).